The molecule has 2 aromatic rings. The summed E-state index contributed by atoms with van der Waals surface area (Å²) in [6.45, 7) is 5.16. The molecule has 0 fully saturated rings. The van der Waals surface area contributed by atoms with E-state index in [1.54, 1.807) is 7.11 Å². The monoisotopic (exact) mass is 353 g/mol. The molecule has 0 saturated carbocycles. The van der Waals surface area contributed by atoms with E-state index in [1.807, 2.05) is 18.2 Å². The first kappa shape index (κ1) is 16.0. The fraction of sp³-hybridized carbons (Fsp3) is 0.467. The van der Waals surface area contributed by atoms with Gasteiger partial charge in [0.15, 0.2) is 0 Å². The summed E-state index contributed by atoms with van der Waals surface area (Å²) in [5, 5.41) is 11.7. The van der Waals surface area contributed by atoms with Gasteiger partial charge in [0.1, 0.15) is 5.75 Å². The van der Waals surface area contributed by atoms with E-state index in [9.17, 15) is 0 Å². The molecule has 0 aliphatic heterocycles. The van der Waals surface area contributed by atoms with Crippen LogP contribution in [0, 0.1) is 0 Å². The van der Waals surface area contributed by atoms with Gasteiger partial charge in [0, 0.05) is 4.47 Å². The lowest BCUT2D eigenvalue weighted by Gasteiger charge is -2.11. The molecule has 1 aromatic carbocycles. The number of hydrogen-bond donors (Lipinski definition) is 1. The molecular weight excluding hydrogens is 334 g/mol. The maximum Gasteiger partial charge on any atom is 0.249 e. The topological polar surface area (TPSA) is 60.2 Å². The van der Waals surface area contributed by atoms with Crippen LogP contribution >= 0.6 is 15.9 Å². The number of nitrogens with zero attached hydrogens (tertiary/aromatic N) is 2. The molecule has 114 valence electrons. The molecule has 1 atom stereocenters. The number of aromatic nitrogens is 2. The van der Waals surface area contributed by atoms with Crippen molar-refractivity contribution in [1.29, 1.82) is 0 Å². The van der Waals surface area contributed by atoms with Crippen molar-refractivity contribution in [2.24, 2.45) is 0 Å². The molecule has 0 saturated heterocycles. The second-order valence-electron chi connectivity index (χ2n) is 4.71. The standard InChI is InChI=1S/C15H20BrN3O2/c1-4-8-17-13(5-2)15-19-18-14(21-15)11-9-10(20-3)6-7-12(11)16/h6-7,9,13,17H,4-5,8H2,1-3H3. The second kappa shape index (κ2) is 7.56. The van der Waals surface area contributed by atoms with Gasteiger partial charge in [-0.15, -0.1) is 10.2 Å². The molecular formula is C15H20BrN3O2. The van der Waals surface area contributed by atoms with E-state index in [0.717, 1.165) is 35.2 Å². The second-order valence-corrected chi connectivity index (χ2v) is 5.56. The molecule has 1 N–H and O–H groups in total. The first-order valence-corrected chi connectivity index (χ1v) is 7.89. The zero-order valence-corrected chi connectivity index (χ0v) is 14.1. The van der Waals surface area contributed by atoms with E-state index in [4.69, 9.17) is 9.15 Å². The number of nitrogens with one attached hydrogen (secondary N) is 1. The predicted molar refractivity (Wildman–Crippen MR) is 85.3 cm³/mol. The summed E-state index contributed by atoms with van der Waals surface area (Å²) < 4.78 is 12.0. The van der Waals surface area contributed by atoms with Gasteiger partial charge in [0.2, 0.25) is 11.8 Å². The minimum Gasteiger partial charge on any atom is -0.497 e. The molecule has 0 spiro atoms. The lowest BCUT2D eigenvalue weighted by atomic mass is 10.2. The summed E-state index contributed by atoms with van der Waals surface area (Å²) in [5.74, 6) is 1.87. The lowest BCUT2D eigenvalue weighted by molar-refractivity contribution is 0.395. The summed E-state index contributed by atoms with van der Waals surface area (Å²) in [4.78, 5) is 0. The van der Waals surface area contributed by atoms with Crippen molar-refractivity contribution in [3.05, 3.63) is 28.6 Å². The Kier molecular flexibility index (Phi) is 5.76. The third-order valence-corrected chi connectivity index (χ3v) is 3.88. The largest absolute Gasteiger partial charge is 0.497 e. The van der Waals surface area contributed by atoms with Crippen LogP contribution in [0.4, 0.5) is 0 Å². The number of rotatable bonds is 7. The van der Waals surface area contributed by atoms with Crippen molar-refractivity contribution in [2.45, 2.75) is 32.7 Å². The highest BCUT2D eigenvalue weighted by molar-refractivity contribution is 9.10. The van der Waals surface area contributed by atoms with Crippen molar-refractivity contribution in [1.82, 2.24) is 15.5 Å². The molecule has 1 unspecified atom stereocenters. The van der Waals surface area contributed by atoms with Crippen LogP contribution in [0.25, 0.3) is 11.5 Å². The normalized spacial score (nSPS) is 12.4. The SMILES string of the molecule is CCCNC(CC)c1nnc(-c2cc(OC)ccc2Br)o1. The summed E-state index contributed by atoms with van der Waals surface area (Å²) in [6, 6.07) is 5.75. The van der Waals surface area contributed by atoms with E-state index < -0.39 is 0 Å². The van der Waals surface area contributed by atoms with Crippen LogP contribution in [0.5, 0.6) is 5.75 Å². The van der Waals surface area contributed by atoms with Gasteiger partial charge >= 0.3 is 0 Å². The van der Waals surface area contributed by atoms with Crippen molar-refractivity contribution in [2.75, 3.05) is 13.7 Å². The van der Waals surface area contributed by atoms with E-state index in [2.05, 4.69) is 45.3 Å². The maximum absolute atomic E-state index is 5.83. The van der Waals surface area contributed by atoms with Crippen LogP contribution in [0.1, 0.15) is 38.6 Å². The minimum atomic E-state index is 0.0931. The lowest BCUT2D eigenvalue weighted by Crippen LogP contribution is -2.21. The summed E-state index contributed by atoms with van der Waals surface area (Å²) in [6.07, 6.45) is 1.97. The highest BCUT2D eigenvalue weighted by Crippen LogP contribution is 2.31. The van der Waals surface area contributed by atoms with E-state index in [0.29, 0.717) is 11.8 Å². The van der Waals surface area contributed by atoms with Crippen LogP contribution in [-0.2, 0) is 0 Å². The number of ether oxygens (including phenoxy) is 1. The third kappa shape index (κ3) is 3.83. The van der Waals surface area contributed by atoms with Gasteiger partial charge in [-0.05, 0) is 53.5 Å². The smallest absolute Gasteiger partial charge is 0.249 e. The fourth-order valence-corrected chi connectivity index (χ4v) is 2.42. The maximum atomic E-state index is 5.83. The summed E-state index contributed by atoms with van der Waals surface area (Å²) in [5.41, 5.74) is 0.832. The van der Waals surface area contributed by atoms with Crippen molar-refractivity contribution < 1.29 is 9.15 Å². The summed E-state index contributed by atoms with van der Waals surface area (Å²) >= 11 is 3.50. The van der Waals surface area contributed by atoms with Gasteiger partial charge in [0.25, 0.3) is 0 Å². The average Bonchev–Trinajstić information content (AvgIpc) is 2.98. The van der Waals surface area contributed by atoms with Gasteiger partial charge in [0.05, 0.1) is 18.7 Å². The number of methoxy groups -OCH3 is 1. The Labute approximate surface area is 133 Å². The van der Waals surface area contributed by atoms with Gasteiger partial charge in [-0.25, -0.2) is 0 Å². The summed E-state index contributed by atoms with van der Waals surface area (Å²) in [7, 11) is 1.63. The van der Waals surface area contributed by atoms with Gasteiger partial charge in [-0.3, -0.25) is 0 Å². The van der Waals surface area contributed by atoms with Gasteiger partial charge in [-0.1, -0.05) is 13.8 Å². The molecule has 0 bridgehead atoms. The molecule has 0 amide bonds. The quantitative estimate of drug-likeness (QED) is 0.816. The van der Waals surface area contributed by atoms with Gasteiger partial charge < -0.3 is 14.5 Å². The van der Waals surface area contributed by atoms with E-state index in [-0.39, 0.29) is 6.04 Å². The molecule has 1 heterocycles. The molecule has 1 aromatic heterocycles. The Morgan fingerprint density at radius 1 is 1.33 bits per heavy atom. The Morgan fingerprint density at radius 3 is 2.81 bits per heavy atom. The predicted octanol–water partition coefficient (Wildman–Crippen LogP) is 3.96. The molecule has 21 heavy (non-hydrogen) atoms. The number of halogens is 1. The fourth-order valence-electron chi connectivity index (χ4n) is 2.00. The Hall–Kier alpha value is -1.40. The van der Waals surface area contributed by atoms with E-state index >= 15 is 0 Å². The number of hydrogen-bond acceptors (Lipinski definition) is 5. The molecule has 6 heteroatoms. The van der Waals surface area contributed by atoms with Crippen molar-refractivity contribution in [3.63, 3.8) is 0 Å². The Balaban J connectivity index is 2.26. The molecule has 5 nitrogen and oxygen atoms in total. The Bertz CT molecular complexity index is 586. The van der Waals surface area contributed by atoms with Gasteiger partial charge in [-0.2, -0.15) is 0 Å². The van der Waals surface area contributed by atoms with Crippen molar-refractivity contribution in [3.8, 4) is 17.2 Å². The Morgan fingerprint density at radius 2 is 2.14 bits per heavy atom. The van der Waals surface area contributed by atoms with Crippen molar-refractivity contribution >= 4 is 15.9 Å². The molecule has 2 rings (SSSR count). The first-order chi connectivity index (χ1) is 10.2. The molecule has 0 aliphatic carbocycles. The van der Waals surface area contributed by atoms with Crippen LogP contribution in [0.3, 0.4) is 0 Å². The zero-order valence-electron chi connectivity index (χ0n) is 12.5. The van der Waals surface area contributed by atoms with Crippen LogP contribution in [-0.4, -0.2) is 23.9 Å². The first-order valence-electron chi connectivity index (χ1n) is 7.10. The zero-order chi connectivity index (χ0) is 15.2. The highest BCUT2D eigenvalue weighted by atomic mass is 79.9. The van der Waals surface area contributed by atoms with Crippen LogP contribution in [0.2, 0.25) is 0 Å². The van der Waals surface area contributed by atoms with Crippen LogP contribution in [0.15, 0.2) is 27.1 Å². The van der Waals surface area contributed by atoms with E-state index in [1.165, 1.54) is 0 Å². The third-order valence-electron chi connectivity index (χ3n) is 3.19. The number of benzene rings is 1. The highest BCUT2D eigenvalue weighted by Gasteiger charge is 2.18. The average molecular weight is 354 g/mol. The minimum absolute atomic E-state index is 0.0931. The molecule has 0 aliphatic rings. The van der Waals surface area contributed by atoms with Crippen LogP contribution < -0.4 is 10.1 Å². The molecule has 0 radical (unpaired) electrons.